The van der Waals surface area contributed by atoms with Gasteiger partial charge in [-0.25, -0.2) is 0 Å². The minimum Gasteiger partial charge on any atom is -0.481 e. The summed E-state index contributed by atoms with van der Waals surface area (Å²) >= 11 is 0. The van der Waals surface area contributed by atoms with Crippen molar-refractivity contribution in [3.05, 3.63) is 29.8 Å². The van der Waals surface area contributed by atoms with Crippen molar-refractivity contribution in [1.82, 2.24) is 9.80 Å². The second kappa shape index (κ2) is 8.41. The molecule has 2 amide bonds. The van der Waals surface area contributed by atoms with Gasteiger partial charge < -0.3 is 14.5 Å². The molecule has 0 N–H and O–H groups in total. The molecule has 0 heterocycles. The van der Waals surface area contributed by atoms with E-state index in [-0.39, 0.29) is 18.4 Å². The number of ether oxygens (including phenoxy) is 1. The molecule has 0 saturated carbocycles. The molecule has 0 aromatic heterocycles. The summed E-state index contributed by atoms with van der Waals surface area (Å²) in [5.41, 5.74) is 1.07. The number of benzene rings is 1. The van der Waals surface area contributed by atoms with Crippen LogP contribution in [0.3, 0.4) is 0 Å². The zero-order valence-electron chi connectivity index (χ0n) is 14.1. The number of carbonyl (C=O) groups excluding carboxylic acids is 2. The summed E-state index contributed by atoms with van der Waals surface area (Å²) in [5, 5.41) is 0. The first kappa shape index (κ1) is 18.0. The lowest BCUT2D eigenvalue weighted by Crippen LogP contribution is -2.45. The van der Waals surface area contributed by atoms with Crippen LogP contribution in [0.1, 0.15) is 26.3 Å². The summed E-state index contributed by atoms with van der Waals surface area (Å²) in [4.78, 5) is 27.5. The maximum Gasteiger partial charge on any atom is 0.263 e. The van der Waals surface area contributed by atoms with Crippen molar-refractivity contribution < 1.29 is 14.3 Å². The highest BCUT2D eigenvalue weighted by molar-refractivity contribution is 5.86. The number of carbonyl (C=O) groups is 2. The Labute approximate surface area is 132 Å². The molecular weight excluding hydrogens is 280 g/mol. The SMILES string of the molecule is CCN(CC)C(=O)CN(C)C(=O)C(C)Oc1cccc(C)c1. The lowest BCUT2D eigenvalue weighted by Gasteiger charge is -2.25. The van der Waals surface area contributed by atoms with Crippen LogP contribution in [-0.4, -0.2) is 54.4 Å². The Hall–Kier alpha value is -2.04. The van der Waals surface area contributed by atoms with Gasteiger partial charge in [0, 0.05) is 20.1 Å². The molecule has 5 nitrogen and oxygen atoms in total. The van der Waals surface area contributed by atoms with Crippen molar-refractivity contribution in [2.45, 2.75) is 33.8 Å². The van der Waals surface area contributed by atoms with Crippen molar-refractivity contribution in [2.75, 3.05) is 26.7 Å². The number of rotatable bonds is 7. The fourth-order valence-electron chi connectivity index (χ4n) is 2.21. The second-order valence-corrected chi connectivity index (χ2v) is 5.34. The predicted molar refractivity (Wildman–Crippen MR) is 86.8 cm³/mol. The van der Waals surface area contributed by atoms with Gasteiger partial charge >= 0.3 is 0 Å². The molecule has 1 aromatic rings. The van der Waals surface area contributed by atoms with Crippen LogP contribution in [0.2, 0.25) is 0 Å². The Bertz CT molecular complexity index is 512. The van der Waals surface area contributed by atoms with E-state index in [0.717, 1.165) is 5.56 Å². The Morgan fingerprint density at radius 3 is 2.41 bits per heavy atom. The van der Waals surface area contributed by atoms with Crippen LogP contribution in [0.15, 0.2) is 24.3 Å². The summed E-state index contributed by atoms with van der Waals surface area (Å²) in [6, 6.07) is 7.55. The summed E-state index contributed by atoms with van der Waals surface area (Å²) in [6.07, 6.45) is -0.628. The minimum atomic E-state index is -0.628. The van der Waals surface area contributed by atoms with E-state index in [0.29, 0.717) is 18.8 Å². The normalized spacial score (nSPS) is 11.7. The molecule has 1 unspecified atom stereocenters. The van der Waals surface area contributed by atoms with Crippen molar-refractivity contribution >= 4 is 11.8 Å². The van der Waals surface area contributed by atoms with Crippen molar-refractivity contribution in [1.29, 1.82) is 0 Å². The zero-order valence-corrected chi connectivity index (χ0v) is 14.1. The second-order valence-electron chi connectivity index (χ2n) is 5.34. The molecular formula is C17H26N2O3. The van der Waals surface area contributed by atoms with E-state index in [2.05, 4.69) is 0 Å². The maximum absolute atomic E-state index is 12.3. The first-order chi connectivity index (χ1) is 10.4. The van der Waals surface area contributed by atoms with Gasteiger partial charge in [-0.2, -0.15) is 0 Å². The fraction of sp³-hybridized carbons (Fsp3) is 0.529. The van der Waals surface area contributed by atoms with Gasteiger partial charge in [-0.3, -0.25) is 9.59 Å². The van der Waals surface area contributed by atoms with Gasteiger partial charge in [0.1, 0.15) is 5.75 Å². The molecule has 22 heavy (non-hydrogen) atoms. The van der Waals surface area contributed by atoms with Crippen LogP contribution in [0, 0.1) is 6.92 Å². The maximum atomic E-state index is 12.3. The van der Waals surface area contributed by atoms with Crippen LogP contribution in [0.4, 0.5) is 0 Å². The van der Waals surface area contributed by atoms with E-state index in [9.17, 15) is 9.59 Å². The molecule has 5 heteroatoms. The van der Waals surface area contributed by atoms with E-state index < -0.39 is 6.10 Å². The number of hydrogen-bond donors (Lipinski definition) is 0. The van der Waals surface area contributed by atoms with Gasteiger partial charge in [0.25, 0.3) is 5.91 Å². The van der Waals surface area contributed by atoms with Gasteiger partial charge in [-0.05, 0) is 45.4 Å². The molecule has 0 fully saturated rings. The van der Waals surface area contributed by atoms with Crippen LogP contribution in [0.5, 0.6) is 5.75 Å². The van der Waals surface area contributed by atoms with Gasteiger partial charge in [0.2, 0.25) is 5.91 Å². The smallest absolute Gasteiger partial charge is 0.263 e. The first-order valence-corrected chi connectivity index (χ1v) is 7.65. The highest BCUT2D eigenvalue weighted by atomic mass is 16.5. The molecule has 0 spiro atoms. The quantitative estimate of drug-likeness (QED) is 0.775. The molecule has 0 aliphatic rings. The number of amides is 2. The lowest BCUT2D eigenvalue weighted by molar-refractivity contribution is -0.143. The molecule has 0 saturated heterocycles. The summed E-state index contributed by atoms with van der Waals surface area (Å²) in [6.45, 7) is 8.87. The average Bonchev–Trinajstić information content (AvgIpc) is 2.47. The van der Waals surface area contributed by atoms with Gasteiger partial charge in [-0.1, -0.05) is 12.1 Å². The Morgan fingerprint density at radius 2 is 1.86 bits per heavy atom. The Morgan fingerprint density at radius 1 is 1.23 bits per heavy atom. The van der Waals surface area contributed by atoms with E-state index in [1.165, 1.54) is 4.90 Å². The number of aryl methyl sites for hydroxylation is 1. The number of likely N-dealkylation sites (N-methyl/N-ethyl adjacent to an activating group) is 2. The molecule has 1 rings (SSSR count). The van der Waals surface area contributed by atoms with Gasteiger partial charge in [-0.15, -0.1) is 0 Å². The molecule has 1 atom stereocenters. The molecule has 0 bridgehead atoms. The van der Waals surface area contributed by atoms with Crippen molar-refractivity contribution in [2.24, 2.45) is 0 Å². The minimum absolute atomic E-state index is 0.0522. The van der Waals surface area contributed by atoms with E-state index >= 15 is 0 Å². The monoisotopic (exact) mass is 306 g/mol. The fourth-order valence-corrected chi connectivity index (χ4v) is 2.21. The highest BCUT2D eigenvalue weighted by Gasteiger charge is 2.22. The molecule has 0 aliphatic heterocycles. The molecule has 122 valence electrons. The van der Waals surface area contributed by atoms with E-state index in [1.807, 2.05) is 45.0 Å². The molecule has 1 aromatic carbocycles. The summed E-state index contributed by atoms with van der Waals surface area (Å²) in [5.74, 6) is 0.398. The summed E-state index contributed by atoms with van der Waals surface area (Å²) < 4.78 is 5.66. The highest BCUT2D eigenvalue weighted by Crippen LogP contribution is 2.14. The van der Waals surface area contributed by atoms with Crippen LogP contribution >= 0.6 is 0 Å². The van der Waals surface area contributed by atoms with Gasteiger partial charge in [0.15, 0.2) is 6.10 Å². The number of nitrogens with zero attached hydrogens (tertiary/aromatic N) is 2. The standard InChI is InChI=1S/C17H26N2O3/c1-6-19(7-2)16(20)12-18(5)17(21)14(4)22-15-10-8-9-13(3)11-15/h8-11,14H,6-7,12H2,1-5H3. The zero-order chi connectivity index (χ0) is 16.7. The van der Waals surface area contributed by atoms with Crippen LogP contribution in [-0.2, 0) is 9.59 Å². The van der Waals surface area contributed by atoms with Crippen LogP contribution < -0.4 is 4.74 Å². The topological polar surface area (TPSA) is 49.9 Å². The van der Waals surface area contributed by atoms with Gasteiger partial charge in [0.05, 0.1) is 6.54 Å². The lowest BCUT2D eigenvalue weighted by atomic mass is 10.2. The molecule has 0 radical (unpaired) electrons. The third kappa shape index (κ3) is 5.06. The Balaban J connectivity index is 2.60. The first-order valence-electron chi connectivity index (χ1n) is 7.65. The average molecular weight is 306 g/mol. The molecule has 0 aliphatic carbocycles. The number of hydrogen-bond acceptors (Lipinski definition) is 3. The Kier molecular flexibility index (Phi) is 6.89. The van der Waals surface area contributed by atoms with Crippen LogP contribution in [0.25, 0.3) is 0 Å². The third-order valence-electron chi connectivity index (χ3n) is 3.51. The largest absolute Gasteiger partial charge is 0.481 e. The van der Waals surface area contributed by atoms with E-state index in [4.69, 9.17) is 4.74 Å². The third-order valence-corrected chi connectivity index (χ3v) is 3.51. The van der Waals surface area contributed by atoms with Crippen molar-refractivity contribution in [3.63, 3.8) is 0 Å². The summed E-state index contributed by atoms with van der Waals surface area (Å²) in [7, 11) is 1.62. The van der Waals surface area contributed by atoms with E-state index in [1.54, 1.807) is 18.9 Å². The predicted octanol–water partition coefficient (Wildman–Crippen LogP) is 2.09. The van der Waals surface area contributed by atoms with Crippen molar-refractivity contribution in [3.8, 4) is 5.75 Å².